The van der Waals surface area contributed by atoms with Gasteiger partial charge in [0, 0.05) is 23.8 Å². The fourth-order valence-electron chi connectivity index (χ4n) is 1.94. The van der Waals surface area contributed by atoms with E-state index in [9.17, 15) is 4.79 Å². The van der Waals surface area contributed by atoms with Gasteiger partial charge in [-0.1, -0.05) is 17.7 Å². The lowest BCUT2D eigenvalue weighted by atomic mass is 10.2. The fourth-order valence-corrected chi connectivity index (χ4v) is 2.11. The molecule has 1 atom stereocenters. The van der Waals surface area contributed by atoms with Crippen LogP contribution in [-0.4, -0.2) is 32.2 Å². The number of benzene rings is 1. The smallest absolute Gasteiger partial charge is 0.322 e. The minimum atomic E-state index is -0.0647. The predicted octanol–water partition coefficient (Wildman–Crippen LogP) is 1.77. The lowest BCUT2D eigenvalue weighted by Crippen LogP contribution is -2.35. The zero-order valence-corrected chi connectivity index (χ0v) is 10.7. The van der Waals surface area contributed by atoms with Gasteiger partial charge in [-0.05, 0) is 31.7 Å². The van der Waals surface area contributed by atoms with Crippen molar-refractivity contribution in [2.45, 2.75) is 13.0 Å². The number of likely N-dealkylation sites (N-methyl/N-ethyl adjacent to an activating group) is 1. The maximum atomic E-state index is 11.8. The molecule has 1 fully saturated rings. The van der Waals surface area contributed by atoms with E-state index in [0.717, 1.165) is 17.8 Å². The Kier molecular flexibility index (Phi) is 3.54. The van der Waals surface area contributed by atoms with Crippen LogP contribution in [0.1, 0.15) is 5.56 Å². The number of carbonyl (C=O) groups excluding carboxylic acids is 1. The van der Waals surface area contributed by atoms with Crippen LogP contribution >= 0.6 is 11.6 Å². The van der Waals surface area contributed by atoms with E-state index < -0.39 is 0 Å². The molecule has 0 saturated carbocycles. The molecular weight excluding hydrogens is 238 g/mol. The third-order valence-corrected chi connectivity index (χ3v) is 3.30. The van der Waals surface area contributed by atoms with Crippen LogP contribution < -0.4 is 15.5 Å². The van der Waals surface area contributed by atoms with E-state index in [1.165, 1.54) is 0 Å². The maximum Gasteiger partial charge on any atom is 0.322 e. The first-order chi connectivity index (χ1) is 8.11. The SMILES string of the molecule is CNCC1CN(c2ccc(C)c(Cl)c2)C(=O)N1. The summed E-state index contributed by atoms with van der Waals surface area (Å²) in [6.45, 7) is 3.38. The summed E-state index contributed by atoms with van der Waals surface area (Å²) < 4.78 is 0. The second-order valence-electron chi connectivity index (χ2n) is 4.25. The van der Waals surface area contributed by atoms with E-state index in [2.05, 4.69) is 10.6 Å². The molecule has 1 aromatic carbocycles. The highest BCUT2D eigenvalue weighted by molar-refractivity contribution is 6.31. The molecule has 0 spiro atoms. The standard InChI is InChI=1S/C12H16ClN3O/c1-8-3-4-10(5-11(8)13)16-7-9(6-14-2)15-12(16)17/h3-5,9,14H,6-7H2,1-2H3,(H,15,17). The van der Waals surface area contributed by atoms with Crippen LogP contribution in [0.3, 0.4) is 0 Å². The molecule has 0 radical (unpaired) electrons. The highest BCUT2D eigenvalue weighted by atomic mass is 35.5. The highest BCUT2D eigenvalue weighted by Crippen LogP contribution is 2.24. The van der Waals surface area contributed by atoms with Crippen molar-refractivity contribution in [3.8, 4) is 0 Å². The molecule has 92 valence electrons. The Labute approximate surface area is 106 Å². The van der Waals surface area contributed by atoms with E-state index in [0.29, 0.717) is 11.6 Å². The zero-order chi connectivity index (χ0) is 12.4. The molecule has 1 aliphatic rings. The predicted molar refractivity (Wildman–Crippen MR) is 69.8 cm³/mol. The molecule has 1 aromatic rings. The van der Waals surface area contributed by atoms with Crippen LogP contribution in [0.2, 0.25) is 5.02 Å². The number of hydrogen-bond donors (Lipinski definition) is 2. The average molecular weight is 254 g/mol. The Morgan fingerprint density at radius 2 is 2.35 bits per heavy atom. The van der Waals surface area contributed by atoms with Crippen molar-refractivity contribution < 1.29 is 4.79 Å². The molecule has 1 unspecified atom stereocenters. The Balaban J connectivity index is 2.17. The van der Waals surface area contributed by atoms with Gasteiger partial charge in [0.1, 0.15) is 0 Å². The minimum Gasteiger partial charge on any atom is -0.332 e. The Morgan fingerprint density at radius 3 is 3.00 bits per heavy atom. The van der Waals surface area contributed by atoms with Crippen LogP contribution in [0.15, 0.2) is 18.2 Å². The van der Waals surface area contributed by atoms with E-state index in [4.69, 9.17) is 11.6 Å². The van der Waals surface area contributed by atoms with Gasteiger partial charge in [0.2, 0.25) is 0 Å². The summed E-state index contributed by atoms with van der Waals surface area (Å²) in [5, 5.41) is 6.66. The number of carbonyl (C=O) groups is 1. The monoisotopic (exact) mass is 253 g/mol. The van der Waals surface area contributed by atoms with Crippen LogP contribution in [0.25, 0.3) is 0 Å². The number of hydrogen-bond acceptors (Lipinski definition) is 2. The molecule has 1 saturated heterocycles. The highest BCUT2D eigenvalue weighted by Gasteiger charge is 2.29. The second-order valence-corrected chi connectivity index (χ2v) is 4.66. The third-order valence-electron chi connectivity index (χ3n) is 2.89. The second kappa shape index (κ2) is 4.94. The first-order valence-corrected chi connectivity index (χ1v) is 5.98. The van der Waals surface area contributed by atoms with Crippen molar-refractivity contribution in [2.24, 2.45) is 0 Å². The molecular formula is C12H16ClN3O. The van der Waals surface area contributed by atoms with Gasteiger partial charge in [-0.15, -0.1) is 0 Å². The normalized spacial score (nSPS) is 19.6. The van der Waals surface area contributed by atoms with Crippen LogP contribution in [0, 0.1) is 6.92 Å². The van der Waals surface area contributed by atoms with Crippen molar-refractivity contribution in [3.63, 3.8) is 0 Å². The quantitative estimate of drug-likeness (QED) is 0.862. The average Bonchev–Trinajstić information content (AvgIpc) is 2.64. The van der Waals surface area contributed by atoms with E-state index in [1.54, 1.807) is 4.90 Å². The van der Waals surface area contributed by atoms with Crippen molar-refractivity contribution in [1.82, 2.24) is 10.6 Å². The molecule has 0 aromatic heterocycles. The Morgan fingerprint density at radius 1 is 1.59 bits per heavy atom. The lowest BCUT2D eigenvalue weighted by molar-refractivity contribution is 0.251. The summed E-state index contributed by atoms with van der Waals surface area (Å²) in [6.07, 6.45) is 0. The van der Waals surface area contributed by atoms with Crippen molar-refractivity contribution >= 4 is 23.3 Å². The van der Waals surface area contributed by atoms with Crippen LogP contribution in [0.4, 0.5) is 10.5 Å². The molecule has 0 aliphatic carbocycles. The van der Waals surface area contributed by atoms with Crippen molar-refractivity contribution in [1.29, 1.82) is 0 Å². The number of nitrogens with one attached hydrogen (secondary N) is 2. The van der Waals surface area contributed by atoms with Crippen LogP contribution in [0.5, 0.6) is 0 Å². The van der Waals surface area contributed by atoms with E-state index in [1.807, 2.05) is 32.2 Å². The minimum absolute atomic E-state index is 0.0647. The number of nitrogens with zero attached hydrogens (tertiary/aromatic N) is 1. The number of anilines is 1. The summed E-state index contributed by atoms with van der Waals surface area (Å²) >= 11 is 6.07. The molecule has 2 amide bonds. The molecule has 4 nitrogen and oxygen atoms in total. The van der Waals surface area contributed by atoms with Gasteiger partial charge >= 0.3 is 6.03 Å². The summed E-state index contributed by atoms with van der Waals surface area (Å²) in [7, 11) is 1.87. The van der Waals surface area contributed by atoms with Crippen molar-refractivity contribution in [3.05, 3.63) is 28.8 Å². The first kappa shape index (κ1) is 12.2. The largest absolute Gasteiger partial charge is 0.332 e. The Hall–Kier alpha value is -1.26. The molecule has 2 rings (SSSR count). The number of urea groups is 1. The molecule has 2 N–H and O–H groups in total. The topological polar surface area (TPSA) is 44.4 Å². The Bertz CT molecular complexity index is 436. The molecule has 5 heteroatoms. The fraction of sp³-hybridized carbons (Fsp3) is 0.417. The molecule has 0 bridgehead atoms. The van der Waals surface area contributed by atoms with E-state index in [-0.39, 0.29) is 12.1 Å². The van der Waals surface area contributed by atoms with Gasteiger partial charge in [0.05, 0.1) is 6.04 Å². The maximum absolute atomic E-state index is 11.8. The van der Waals surface area contributed by atoms with Crippen LogP contribution in [-0.2, 0) is 0 Å². The third kappa shape index (κ3) is 2.53. The summed E-state index contributed by atoms with van der Waals surface area (Å²) in [5.41, 5.74) is 1.86. The van der Waals surface area contributed by atoms with Gasteiger partial charge in [0.15, 0.2) is 0 Å². The van der Waals surface area contributed by atoms with Gasteiger partial charge in [-0.3, -0.25) is 4.90 Å². The van der Waals surface area contributed by atoms with Gasteiger partial charge in [-0.25, -0.2) is 4.79 Å². The number of amides is 2. The molecule has 17 heavy (non-hydrogen) atoms. The summed E-state index contributed by atoms with van der Waals surface area (Å²) in [6, 6.07) is 5.76. The molecule has 1 heterocycles. The molecule has 1 aliphatic heterocycles. The number of halogens is 1. The summed E-state index contributed by atoms with van der Waals surface area (Å²) in [4.78, 5) is 13.5. The first-order valence-electron chi connectivity index (χ1n) is 5.60. The number of aryl methyl sites for hydroxylation is 1. The van der Waals surface area contributed by atoms with Gasteiger partial charge in [0.25, 0.3) is 0 Å². The van der Waals surface area contributed by atoms with Crippen molar-refractivity contribution in [2.75, 3.05) is 25.0 Å². The van der Waals surface area contributed by atoms with Gasteiger partial charge in [-0.2, -0.15) is 0 Å². The van der Waals surface area contributed by atoms with Gasteiger partial charge < -0.3 is 10.6 Å². The zero-order valence-electron chi connectivity index (χ0n) is 9.96. The van der Waals surface area contributed by atoms with E-state index >= 15 is 0 Å². The summed E-state index contributed by atoms with van der Waals surface area (Å²) in [5.74, 6) is 0. The lowest BCUT2D eigenvalue weighted by Gasteiger charge is -2.15. The number of rotatable bonds is 3.